The minimum Gasteiger partial charge on any atom is -0.393 e. The fraction of sp³-hybridized carbons (Fsp3) is 0.769. The molecule has 122 valence electrons. The van der Waals surface area contributed by atoms with Gasteiger partial charge in [-0.25, -0.2) is 0 Å². The maximum absolute atomic E-state index is 11.9. The lowest BCUT2D eigenvalue weighted by molar-refractivity contribution is -0.130. The maximum Gasteiger partial charge on any atom is 0.234 e. The lowest BCUT2D eigenvalue weighted by Crippen LogP contribution is -2.38. The number of methoxy groups -OCH3 is 1. The number of hydrogen-bond donors (Lipinski definition) is 2. The molecule has 8 heteroatoms. The average molecular weight is 318 g/mol. The zero-order chi connectivity index (χ0) is 16.3. The van der Waals surface area contributed by atoms with Gasteiger partial charge < -0.3 is 20.7 Å². The van der Waals surface area contributed by atoms with Crippen LogP contribution in [0.1, 0.15) is 12.8 Å². The second-order valence-corrected chi connectivity index (χ2v) is 5.39. The highest BCUT2D eigenvalue weighted by atomic mass is 32.1. The Labute approximate surface area is 131 Å². The molecule has 2 amide bonds. The molecule has 0 fully saturated rings. The molecule has 0 aromatic carbocycles. The Kier molecular flexibility index (Phi) is 10.7. The Morgan fingerprint density at radius 3 is 2.48 bits per heavy atom. The van der Waals surface area contributed by atoms with Crippen LogP contribution in [0.15, 0.2) is 0 Å². The van der Waals surface area contributed by atoms with Crippen LogP contribution in [0.25, 0.3) is 0 Å². The molecule has 0 saturated carbocycles. The molecule has 0 atom stereocenters. The van der Waals surface area contributed by atoms with E-state index in [4.69, 9.17) is 22.7 Å². The lowest BCUT2D eigenvalue weighted by Gasteiger charge is -2.20. The molecule has 0 unspecified atom stereocenters. The predicted octanol–water partition coefficient (Wildman–Crippen LogP) is -0.794. The van der Waals surface area contributed by atoms with Crippen LogP contribution in [-0.2, 0) is 14.3 Å². The molecule has 0 aliphatic rings. The van der Waals surface area contributed by atoms with Gasteiger partial charge in [-0.15, -0.1) is 0 Å². The third kappa shape index (κ3) is 11.1. The zero-order valence-electron chi connectivity index (χ0n) is 13.1. The number of nitrogens with zero attached hydrogens (tertiary/aromatic N) is 2. The topological polar surface area (TPSA) is 87.9 Å². The first-order chi connectivity index (χ1) is 9.86. The number of amides is 2. The quantitative estimate of drug-likeness (QED) is 0.383. The number of thiocarbonyl (C=S) groups is 1. The van der Waals surface area contributed by atoms with E-state index in [1.54, 1.807) is 31.0 Å². The number of nitrogens with one attached hydrogen (secondary N) is 1. The molecular formula is C13H26N4O3S. The number of ether oxygens (including phenoxy) is 1. The first-order valence-electron chi connectivity index (χ1n) is 6.83. The van der Waals surface area contributed by atoms with E-state index in [1.807, 2.05) is 0 Å². The monoisotopic (exact) mass is 318 g/mol. The molecule has 0 aliphatic heterocycles. The largest absolute Gasteiger partial charge is 0.393 e. The Balaban J connectivity index is 3.85. The summed E-state index contributed by atoms with van der Waals surface area (Å²) in [6.07, 6.45) is 0.880. The Morgan fingerprint density at radius 2 is 1.90 bits per heavy atom. The molecule has 0 saturated heterocycles. The molecule has 7 nitrogen and oxygen atoms in total. The van der Waals surface area contributed by atoms with E-state index in [0.29, 0.717) is 44.1 Å². The van der Waals surface area contributed by atoms with Crippen LogP contribution < -0.4 is 11.1 Å². The molecule has 0 bridgehead atoms. The molecule has 21 heavy (non-hydrogen) atoms. The van der Waals surface area contributed by atoms with E-state index in [1.165, 1.54) is 0 Å². The van der Waals surface area contributed by atoms with E-state index in [0.717, 1.165) is 0 Å². The van der Waals surface area contributed by atoms with Gasteiger partial charge in [0.05, 0.1) is 18.1 Å². The van der Waals surface area contributed by atoms with E-state index < -0.39 is 0 Å². The maximum atomic E-state index is 11.9. The smallest absolute Gasteiger partial charge is 0.234 e. The van der Waals surface area contributed by atoms with Crippen molar-refractivity contribution in [3.05, 3.63) is 0 Å². The summed E-state index contributed by atoms with van der Waals surface area (Å²) in [6.45, 7) is 2.28. The van der Waals surface area contributed by atoms with Gasteiger partial charge in [0.1, 0.15) is 0 Å². The molecule has 0 spiro atoms. The first kappa shape index (κ1) is 19.8. The van der Waals surface area contributed by atoms with Crippen molar-refractivity contribution in [3.63, 3.8) is 0 Å². The number of rotatable bonds is 11. The summed E-state index contributed by atoms with van der Waals surface area (Å²) in [4.78, 5) is 27.2. The van der Waals surface area contributed by atoms with Crippen molar-refractivity contribution >= 4 is 29.0 Å². The Morgan fingerprint density at radius 1 is 1.24 bits per heavy atom. The molecule has 0 aromatic rings. The van der Waals surface area contributed by atoms with Gasteiger partial charge in [-0.2, -0.15) is 0 Å². The van der Waals surface area contributed by atoms with E-state index >= 15 is 0 Å². The zero-order valence-corrected chi connectivity index (χ0v) is 13.9. The minimum atomic E-state index is -0.0798. The van der Waals surface area contributed by atoms with E-state index in [9.17, 15) is 9.59 Å². The van der Waals surface area contributed by atoms with Crippen LogP contribution in [0.4, 0.5) is 0 Å². The Hall–Kier alpha value is -1.25. The average Bonchev–Trinajstić information content (AvgIpc) is 2.42. The van der Waals surface area contributed by atoms with Crippen molar-refractivity contribution in [2.45, 2.75) is 12.8 Å². The van der Waals surface area contributed by atoms with Crippen LogP contribution in [0.5, 0.6) is 0 Å². The molecule has 0 radical (unpaired) electrons. The standard InChI is InChI=1S/C13H26N4O3S/c1-16(10-12(18)15-6-9-20-3)7-5-13(19)17(2)8-4-11(14)21/h4-10H2,1-3H3,(H2,14,21)(H,15,18). The summed E-state index contributed by atoms with van der Waals surface area (Å²) in [5.74, 6) is -0.0678. The molecule has 0 aliphatic carbocycles. The minimum absolute atomic E-state index is 0.0119. The number of likely N-dealkylation sites (N-methyl/N-ethyl adjacent to an activating group) is 1. The second kappa shape index (κ2) is 11.4. The van der Waals surface area contributed by atoms with Gasteiger partial charge in [0.2, 0.25) is 11.8 Å². The van der Waals surface area contributed by atoms with Gasteiger partial charge in [-0.1, -0.05) is 12.2 Å². The SMILES string of the molecule is COCCNC(=O)CN(C)CCC(=O)N(C)CCC(N)=S. The summed E-state index contributed by atoms with van der Waals surface area (Å²) >= 11 is 4.78. The van der Waals surface area contributed by atoms with Crippen molar-refractivity contribution in [3.8, 4) is 0 Å². The van der Waals surface area contributed by atoms with Gasteiger partial charge in [0.15, 0.2) is 0 Å². The summed E-state index contributed by atoms with van der Waals surface area (Å²) in [7, 11) is 5.11. The highest BCUT2D eigenvalue weighted by Crippen LogP contribution is 1.96. The van der Waals surface area contributed by atoms with Crippen LogP contribution >= 0.6 is 12.2 Å². The van der Waals surface area contributed by atoms with Crippen molar-refractivity contribution in [2.24, 2.45) is 5.73 Å². The first-order valence-corrected chi connectivity index (χ1v) is 7.24. The fourth-order valence-electron chi connectivity index (χ4n) is 1.55. The number of carbonyl (C=O) groups is 2. The van der Waals surface area contributed by atoms with Gasteiger partial charge >= 0.3 is 0 Å². The molecule has 0 rings (SSSR count). The van der Waals surface area contributed by atoms with Crippen LogP contribution in [0.3, 0.4) is 0 Å². The molecular weight excluding hydrogens is 292 g/mol. The number of hydrogen-bond acceptors (Lipinski definition) is 5. The van der Waals surface area contributed by atoms with Gasteiger partial charge in [-0.05, 0) is 7.05 Å². The van der Waals surface area contributed by atoms with Crippen LogP contribution in [-0.4, -0.2) is 80.6 Å². The summed E-state index contributed by atoms with van der Waals surface area (Å²) < 4.78 is 4.85. The van der Waals surface area contributed by atoms with Crippen molar-refractivity contribution < 1.29 is 14.3 Å². The molecule has 3 N–H and O–H groups in total. The molecule has 0 heterocycles. The second-order valence-electron chi connectivity index (χ2n) is 4.86. The normalized spacial score (nSPS) is 10.5. The fourth-order valence-corrected chi connectivity index (χ4v) is 1.64. The van der Waals surface area contributed by atoms with Crippen molar-refractivity contribution in [1.29, 1.82) is 0 Å². The number of nitrogens with two attached hydrogens (primary N) is 1. The third-order valence-electron chi connectivity index (χ3n) is 2.87. The summed E-state index contributed by atoms with van der Waals surface area (Å²) in [5, 5.41) is 2.73. The van der Waals surface area contributed by atoms with Gasteiger partial charge in [-0.3, -0.25) is 14.5 Å². The van der Waals surface area contributed by atoms with Crippen molar-refractivity contribution in [2.75, 3.05) is 54.0 Å². The lowest BCUT2D eigenvalue weighted by atomic mass is 10.3. The van der Waals surface area contributed by atoms with Gasteiger partial charge in [0.25, 0.3) is 0 Å². The van der Waals surface area contributed by atoms with E-state index in [2.05, 4.69) is 5.32 Å². The number of carbonyl (C=O) groups excluding carboxylic acids is 2. The highest BCUT2D eigenvalue weighted by molar-refractivity contribution is 7.80. The highest BCUT2D eigenvalue weighted by Gasteiger charge is 2.11. The summed E-state index contributed by atoms with van der Waals surface area (Å²) in [5.41, 5.74) is 5.40. The van der Waals surface area contributed by atoms with Gasteiger partial charge in [0, 0.05) is 46.6 Å². The third-order valence-corrected chi connectivity index (χ3v) is 3.07. The predicted molar refractivity (Wildman–Crippen MR) is 86.0 cm³/mol. The van der Waals surface area contributed by atoms with E-state index in [-0.39, 0.29) is 18.4 Å². The van der Waals surface area contributed by atoms with Crippen molar-refractivity contribution in [1.82, 2.24) is 15.1 Å². The van der Waals surface area contributed by atoms with Crippen LogP contribution in [0.2, 0.25) is 0 Å². The Bertz CT molecular complexity index is 352. The molecule has 0 aromatic heterocycles. The van der Waals surface area contributed by atoms with Crippen LogP contribution in [0, 0.1) is 0 Å². The summed E-state index contributed by atoms with van der Waals surface area (Å²) in [6, 6.07) is 0.